The van der Waals surface area contributed by atoms with Crippen molar-refractivity contribution in [2.75, 3.05) is 6.54 Å². The maximum Gasteiger partial charge on any atom is 0.273 e. The zero-order valence-electron chi connectivity index (χ0n) is 11.2. The molecule has 6 nitrogen and oxygen atoms in total. The number of rotatable bonds is 3. The minimum Gasteiger partial charge on any atom is -0.469 e. The molecule has 0 saturated carbocycles. The molecular formula is C14H16N2O4. The Morgan fingerprint density at radius 1 is 1.60 bits per heavy atom. The molecule has 6 heteroatoms. The van der Waals surface area contributed by atoms with Gasteiger partial charge in [0.2, 0.25) is 0 Å². The average Bonchev–Trinajstić information content (AvgIpc) is 3.06. The molecule has 1 aliphatic rings. The second-order valence-corrected chi connectivity index (χ2v) is 5.15. The Kier molecular flexibility index (Phi) is 3.10. The highest BCUT2D eigenvalue weighted by atomic mass is 16.5. The van der Waals surface area contributed by atoms with E-state index < -0.39 is 5.60 Å². The van der Waals surface area contributed by atoms with Crippen LogP contribution in [0, 0.1) is 6.92 Å². The summed E-state index contributed by atoms with van der Waals surface area (Å²) in [6.45, 7) is 1.85. The number of fused-ring (bicyclic) bond motifs is 1. The van der Waals surface area contributed by atoms with Crippen LogP contribution in [0.5, 0.6) is 0 Å². The van der Waals surface area contributed by atoms with E-state index in [0.717, 1.165) is 24.2 Å². The predicted molar refractivity (Wildman–Crippen MR) is 69.1 cm³/mol. The first kappa shape index (κ1) is 12.9. The molecule has 2 heterocycles. The third kappa shape index (κ3) is 2.22. The normalized spacial score (nSPS) is 21.5. The zero-order chi connectivity index (χ0) is 14.2. The summed E-state index contributed by atoms with van der Waals surface area (Å²) in [6, 6.07) is 3.32. The van der Waals surface area contributed by atoms with Crippen molar-refractivity contribution in [3.05, 3.63) is 41.2 Å². The van der Waals surface area contributed by atoms with Crippen LogP contribution in [0.1, 0.15) is 40.4 Å². The molecule has 0 spiro atoms. The first-order valence-corrected chi connectivity index (χ1v) is 6.59. The summed E-state index contributed by atoms with van der Waals surface area (Å²) >= 11 is 0. The topological polar surface area (TPSA) is 88.5 Å². The van der Waals surface area contributed by atoms with Crippen LogP contribution in [-0.2, 0) is 12.0 Å². The van der Waals surface area contributed by atoms with Crippen LogP contribution in [0.4, 0.5) is 0 Å². The van der Waals surface area contributed by atoms with Gasteiger partial charge in [0.1, 0.15) is 17.1 Å². The fourth-order valence-electron chi connectivity index (χ4n) is 2.60. The third-order valence-corrected chi connectivity index (χ3v) is 3.64. The number of aryl methyl sites for hydroxylation is 2. The van der Waals surface area contributed by atoms with Gasteiger partial charge in [-0.1, -0.05) is 5.16 Å². The zero-order valence-corrected chi connectivity index (χ0v) is 11.2. The van der Waals surface area contributed by atoms with Crippen molar-refractivity contribution in [1.82, 2.24) is 10.5 Å². The van der Waals surface area contributed by atoms with Gasteiger partial charge in [-0.05, 0) is 25.8 Å². The molecule has 0 bridgehead atoms. The van der Waals surface area contributed by atoms with E-state index in [4.69, 9.17) is 8.94 Å². The summed E-state index contributed by atoms with van der Waals surface area (Å²) in [5.74, 6) is 1.01. The number of furan rings is 1. The lowest BCUT2D eigenvalue weighted by molar-refractivity contribution is 0.0168. The van der Waals surface area contributed by atoms with Gasteiger partial charge >= 0.3 is 0 Å². The fraction of sp³-hybridized carbons (Fsp3) is 0.429. The average molecular weight is 276 g/mol. The molecule has 1 amide bonds. The number of aliphatic hydroxyl groups is 1. The van der Waals surface area contributed by atoms with Crippen molar-refractivity contribution in [3.8, 4) is 0 Å². The van der Waals surface area contributed by atoms with Crippen LogP contribution in [0.3, 0.4) is 0 Å². The molecule has 0 unspecified atom stereocenters. The lowest BCUT2D eigenvalue weighted by Gasteiger charge is -2.31. The van der Waals surface area contributed by atoms with Gasteiger partial charge in [0.15, 0.2) is 5.69 Å². The molecule has 2 aromatic rings. The second-order valence-electron chi connectivity index (χ2n) is 5.15. The molecule has 0 saturated heterocycles. The van der Waals surface area contributed by atoms with E-state index in [2.05, 4.69) is 10.5 Å². The number of hydrogen-bond donors (Lipinski definition) is 2. The lowest BCUT2D eigenvalue weighted by atomic mass is 9.83. The lowest BCUT2D eigenvalue weighted by Crippen LogP contribution is -2.42. The van der Waals surface area contributed by atoms with E-state index in [1.165, 1.54) is 0 Å². The largest absolute Gasteiger partial charge is 0.469 e. The number of nitrogens with one attached hydrogen (secondary N) is 1. The number of carbonyl (C=O) groups is 1. The van der Waals surface area contributed by atoms with Crippen molar-refractivity contribution in [1.29, 1.82) is 0 Å². The van der Waals surface area contributed by atoms with E-state index >= 15 is 0 Å². The molecule has 1 aliphatic carbocycles. The smallest absolute Gasteiger partial charge is 0.273 e. The third-order valence-electron chi connectivity index (χ3n) is 3.64. The Balaban J connectivity index is 1.71. The highest BCUT2D eigenvalue weighted by Gasteiger charge is 2.36. The summed E-state index contributed by atoms with van der Waals surface area (Å²) in [5.41, 5.74) is -0.0932. The number of nitrogens with zero attached hydrogens (tertiary/aromatic N) is 1. The van der Waals surface area contributed by atoms with Gasteiger partial charge in [-0.2, -0.15) is 0 Å². The van der Waals surface area contributed by atoms with Gasteiger partial charge in [-0.25, -0.2) is 0 Å². The van der Waals surface area contributed by atoms with Crippen molar-refractivity contribution in [2.45, 2.75) is 31.8 Å². The van der Waals surface area contributed by atoms with Crippen LogP contribution in [0.25, 0.3) is 0 Å². The van der Waals surface area contributed by atoms with Crippen LogP contribution >= 0.6 is 0 Å². The minimum absolute atomic E-state index is 0.129. The first-order chi connectivity index (χ1) is 9.58. The van der Waals surface area contributed by atoms with Crippen molar-refractivity contribution >= 4 is 5.91 Å². The highest BCUT2D eigenvalue weighted by Crippen LogP contribution is 2.35. The van der Waals surface area contributed by atoms with E-state index in [1.54, 1.807) is 25.3 Å². The van der Waals surface area contributed by atoms with E-state index in [-0.39, 0.29) is 18.1 Å². The van der Waals surface area contributed by atoms with Gasteiger partial charge in [0.05, 0.1) is 12.8 Å². The van der Waals surface area contributed by atoms with Crippen molar-refractivity contribution in [2.24, 2.45) is 0 Å². The maximum atomic E-state index is 11.9. The molecule has 2 N–H and O–H groups in total. The number of carbonyl (C=O) groups excluding carboxylic acids is 1. The second kappa shape index (κ2) is 4.79. The van der Waals surface area contributed by atoms with Gasteiger partial charge in [-0.15, -0.1) is 0 Å². The quantitative estimate of drug-likeness (QED) is 0.887. The SMILES string of the molecule is Cc1cc(C(=O)NC[C@]2(O)CCCc3occc32)no1. The fourth-order valence-corrected chi connectivity index (χ4v) is 2.60. The Labute approximate surface area is 115 Å². The number of amides is 1. The summed E-state index contributed by atoms with van der Waals surface area (Å²) in [7, 11) is 0. The van der Waals surface area contributed by atoms with Crippen LogP contribution < -0.4 is 5.32 Å². The first-order valence-electron chi connectivity index (χ1n) is 6.59. The molecule has 1 atom stereocenters. The summed E-state index contributed by atoms with van der Waals surface area (Å²) < 4.78 is 10.2. The van der Waals surface area contributed by atoms with Gasteiger partial charge in [0, 0.05) is 18.1 Å². The van der Waals surface area contributed by atoms with Crippen LogP contribution in [-0.4, -0.2) is 22.7 Å². The molecule has 0 aliphatic heterocycles. The van der Waals surface area contributed by atoms with Crippen molar-refractivity contribution in [3.63, 3.8) is 0 Å². The Morgan fingerprint density at radius 2 is 2.45 bits per heavy atom. The molecule has 106 valence electrons. The summed E-state index contributed by atoms with van der Waals surface area (Å²) in [5, 5.41) is 17.0. The van der Waals surface area contributed by atoms with E-state index in [1.807, 2.05) is 0 Å². The van der Waals surface area contributed by atoms with Gasteiger partial charge in [-0.3, -0.25) is 4.79 Å². The van der Waals surface area contributed by atoms with Crippen LogP contribution in [0.2, 0.25) is 0 Å². The molecule has 0 aromatic carbocycles. The molecule has 3 rings (SSSR count). The van der Waals surface area contributed by atoms with Gasteiger partial charge < -0.3 is 19.4 Å². The van der Waals surface area contributed by atoms with E-state index in [9.17, 15) is 9.90 Å². The highest BCUT2D eigenvalue weighted by molar-refractivity contribution is 5.92. The predicted octanol–water partition coefficient (Wildman–Crippen LogP) is 1.53. The summed E-state index contributed by atoms with van der Waals surface area (Å²) in [4.78, 5) is 11.9. The molecule has 0 radical (unpaired) electrons. The number of hydrogen-bond acceptors (Lipinski definition) is 5. The van der Waals surface area contributed by atoms with Crippen molar-refractivity contribution < 1.29 is 18.8 Å². The standard InChI is InChI=1S/C14H16N2O4/c1-9-7-11(16-20-9)13(17)15-8-14(18)5-2-3-12-10(14)4-6-19-12/h4,6-7,18H,2-3,5,8H2,1H3,(H,15,17)/t14-/m1/s1. The Bertz CT molecular complexity index is 631. The van der Waals surface area contributed by atoms with Crippen LogP contribution in [0.15, 0.2) is 27.3 Å². The van der Waals surface area contributed by atoms with Gasteiger partial charge in [0.25, 0.3) is 5.91 Å². The number of aromatic nitrogens is 1. The molecule has 2 aromatic heterocycles. The Morgan fingerprint density at radius 3 is 3.20 bits per heavy atom. The molecule has 0 fully saturated rings. The monoisotopic (exact) mass is 276 g/mol. The summed E-state index contributed by atoms with van der Waals surface area (Å²) in [6.07, 6.45) is 3.82. The molecule has 20 heavy (non-hydrogen) atoms. The Hall–Kier alpha value is -2.08. The molecular weight excluding hydrogens is 260 g/mol. The van der Waals surface area contributed by atoms with E-state index in [0.29, 0.717) is 12.2 Å². The maximum absolute atomic E-state index is 11.9. The minimum atomic E-state index is -1.07.